The average molecular weight is 329 g/mol. The lowest BCUT2D eigenvalue weighted by Crippen LogP contribution is -2.31. The van der Waals surface area contributed by atoms with Gasteiger partial charge in [-0.25, -0.2) is 0 Å². The molecule has 0 saturated heterocycles. The quantitative estimate of drug-likeness (QED) is 0.560. The van der Waals surface area contributed by atoms with E-state index < -0.39 is 0 Å². The van der Waals surface area contributed by atoms with Crippen molar-refractivity contribution in [3.8, 4) is 0 Å². The summed E-state index contributed by atoms with van der Waals surface area (Å²) in [5.74, 6) is -0.0466. The lowest BCUT2D eigenvalue weighted by molar-refractivity contribution is -0.116. The number of rotatable bonds is 6. The highest BCUT2D eigenvalue weighted by Crippen LogP contribution is 2.35. The Balaban J connectivity index is 2.73. The molecule has 0 spiro atoms. The van der Waals surface area contributed by atoms with Gasteiger partial charge in [0.2, 0.25) is 5.91 Å². The van der Waals surface area contributed by atoms with Crippen LogP contribution in [0.15, 0.2) is 58.9 Å². The van der Waals surface area contributed by atoms with Gasteiger partial charge in [0.15, 0.2) is 0 Å². The zero-order valence-electron chi connectivity index (χ0n) is 16.0. The molecule has 1 heterocycles. The first-order valence-corrected chi connectivity index (χ1v) is 8.70. The number of carbonyl (C=O) groups excluding carboxylic acids is 1. The molecule has 0 radical (unpaired) electrons. The highest BCUT2D eigenvalue weighted by atomic mass is 16.1. The minimum atomic E-state index is -0.0466. The van der Waals surface area contributed by atoms with Crippen molar-refractivity contribution in [2.75, 3.05) is 13.1 Å². The van der Waals surface area contributed by atoms with E-state index in [-0.39, 0.29) is 11.3 Å². The Morgan fingerprint density at radius 3 is 2.58 bits per heavy atom. The molecule has 0 aromatic heterocycles. The lowest BCUT2D eigenvalue weighted by Gasteiger charge is -2.33. The van der Waals surface area contributed by atoms with Crippen molar-refractivity contribution in [3.63, 3.8) is 0 Å². The summed E-state index contributed by atoms with van der Waals surface area (Å²) in [6, 6.07) is 0. The summed E-state index contributed by atoms with van der Waals surface area (Å²) in [6.45, 7) is 14.4. The molecule has 1 amide bonds. The third kappa shape index (κ3) is 6.61. The molecule has 0 atom stereocenters. The minimum Gasteiger partial charge on any atom is -0.388 e. The molecule has 2 N–H and O–H groups in total. The fraction of sp³-hybridized carbons (Fsp3) is 0.476. The Hall–Kier alpha value is -2.03. The third-order valence-corrected chi connectivity index (χ3v) is 4.21. The first-order chi connectivity index (χ1) is 11.3. The summed E-state index contributed by atoms with van der Waals surface area (Å²) >= 11 is 0. The van der Waals surface area contributed by atoms with Crippen LogP contribution in [0.1, 0.15) is 48.0 Å². The topological polar surface area (TPSA) is 41.1 Å². The average Bonchev–Trinajstić information content (AvgIpc) is 2.46. The zero-order chi connectivity index (χ0) is 18.2. The molecule has 0 aliphatic carbocycles. The zero-order valence-corrected chi connectivity index (χ0v) is 16.0. The van der Waals surface area contributed by atoms with Crippen LogP contribution in [0.25, 0.3) is 0 Å². The van der Waals surface area contributed by atoms with Gasteiger partial charge in [0.1, 0.15) is 0 Å². The molecule has 0 fully saturated rings. The second-order valence-corrected chi connectivity index (χ2v) is 6.99. The molecule has 0 bridgehead atoms. The third-order valence-electron chi connectivity index (χ3n) is 4.21. The molecular weight excluding hydrogens is 296 g/mol. The molecule has 1 rings (SSSR count). The molecule has 0 unspecified atom stereocenters. The first-order valence-electron chi connectivity index (χ1n) is 8.70. The molecule has 1 aliphatic heterocycles. The van der Waals surface area contributed by atoms with Gasteiger partial charge in [-0.15, -0.1) is 0 Å². The first kappa shape index (κ1) is 20.0. The molecule has 0 saturated carbocycles. The number of amides is 1. The number of nitrogens with one attached hydrogen (secondary N) is 2. The van der Waals surface area contributed by atoms with Crippen molar-refractivity contribution in [2.45, 2.75) is 48.0 Å². The maximum absolute atomic E-state index is 11.5. The molecular formula is C21H32N2O. The molecule has 0 aromatic rings. The Kier molecular flexibility index (Phi) is 7.76. The predicted octanol–water partition coefficient (Wildman–Crippen LogP) is 4.42. The molecule has 0 aromatic carbocycles. The molecule has 3 nitrogen and oxygen atoms in total. The van der Waals surface area contributed by atoms with E-state index in [4.69, 9.17) is 0 Å². The van der Waals surface area contributed by atoms with Crippen LogP contribution in [-0.4, -0.2) is 19.0 Å². The van der Waals surface area contributed by atoms with Crippen molar-refractivity contribution < 1.29 is 4.79 Å². The van der Waals surface area contributed by atoms with Crippen molar-refractivity contribution in [1.82, 2.24) is 10.6 Å². The number of likely N-dealkylation sites (N-methyl/N-ethyl adjacent to an activating group) is 1. The minimum absolute atomic E-state index is 0.0466. The van der Waals surface area contributed by atoms with Crippen LogP contribution in [0.3, 0.4) is 0 Å². The Bertz CT molecular complexity index is 601. The number of carbonyl (C=O) groups is 1. The summed E-state index contributed by atoms with van der Waals surface area (Å²) in [7, 11) is 0. The highest BCUT2D eigenvalue weighted by molar-refractivity contribution is 5.88. The highest BCUT2D eigenvalue weighted by Gasteiger charge is 2.26. The van der Waals surface area contributed by atoms with Crippen LogP contribution in [0.4, 0.5) is 0 Å². The van der Waals surface area contributed by atoms with Crippen LogP contribution in [0.2, 0.25) is 0 Å². The normalized spacial score (nSPS) is 19.1. The van der Waals surface area contributed by atoms with Gasteiger partial charge in [-0.1, -0.05) is 49.8 Å². The summed E-state index contributed by atoms with van der Waals surface area (Å²) < 4.78 is 0. The standard InChI is InChI=1S/C21H32N2O/c1-7-22-20(24)15-17(3)10-8-9-16(2)11-12-19-18(4)23-14-13-21(19,5)6/h8-12,15,23H,7,13-14H2,1-6H3,(H,22,24)/b10-8+,12-11+,16-9+,17-15+. The fourth-order valence-corrected chi connectivity index (χ4v) is 2.75. The van der Waals surface area contributed by atoms with Crippen molar-refractivity contribution in [1.29, 1.82) is 0 Å². The number of hydrogen-bond donors (Lipinski definition) is 2. The molecule has 3 heteroatoms. The van der Waals surface area contributed by atoms with E-state index >= 15 is 0 Å². The van der Waals surface area contributed by atoms with Gasteiger partial charge in [0.05, 0.1) is 0 Å². The van der Waals surface area contributed by atoms with E-state index in [0.29, 0.717) is 6.54 Å². The summed E-state index contributed by atoms with van der Waals surface area (Å²) in [5.41, 5.74) is 4.97. The SMILES string of the molecule is CCNC(=O)/C=C(C)/C=C/C=C(C)/C=C/C1=C(C)NCCC1(C)C. The van der Waals surface area contributed by atoms with Crippen molar-refractivity contribution >= 4 is 5.91 Å². The van der Waals surface area contributed by atoms with Crippen LogP contribution >= 0.6 is 0 Å². The summed E-state index contributed by atoms with van der Waals surface area (Å²) in [5, 5.41) is 6.20. The van der Waals surface area contributed by atoms with Crippen LogP contribution in [-0.2, 0) is 4.79 Å². The maximum Gasteiger partial charge on any atom is 0.244 e. The Morgan fingerprint density at radius 2 is 1.96 bits per heavy atom. The second kappa shape index (κ2) is 9.31. The van der Waals surface area contributed by atoms with Crippen LogP contribution < -0.4 is 10.6 Å². The van der Waals surface area contributed by atoms with Crippen molar-refractivity contribution in [3.05, 3.63) is 58.9 Å². The van der Waals surface area contributed by atoms with E-state index in [9.17, 15) is 4.79 Å². The summed E-state index contributed by atoms with van der Waals surface area (Å²) in [6.07, 6.45) is 13.1. The smallest absolute Gasteiger partial charge is 0.244 e. The Labute approximate surface area is 147 Å². The van der Waals surface area contributed by atoms with Gasteiger partial charge in [-0.3, -0.25) is 4.79 Å². The van der Waals surface area contributed by atoms with Gasteiger partial charge in [0.25, 0.3) is 0 Å². The lowest BCUT2D eigenvalue weighted by atomic mass is 9.77. The maximum atomic E-state index is 11.5. The Morgan fingerprint density at radius 1 is 1.25 bits per heavy atom. The van der Waals surface area contributed by atoms with E-state index in [1.165, 1.54) is 16.8 Å². The molecule has 1 aliphatic rings. The van der Waals surface area contributed by atoms with Gasteiger partial charge in [-0.2, -0.15) is 0 Å². The van der Waals surface area contributed by atoms with Crippen LogP contribution in [0, 0.1) is 5.41 Å². The van der Waals surface area contributed by atoms with Gasteiger partial charge in [-0.05, 0) is 50.7 Å². The summed E-state index contributed by atoms with van der Waals surface area (Å²) in [4.78, 5) is 11.5. The van der Waals surface area contributed by atoms with Gasteiger partial charge >= 0.3 is 0 Å². The van der Waals surface area contributed by atoms with Gasteiger partial charge in [0, 0.05) is 24.9 Å². The van der Waals surface area contributed by atoms with E-state index in [1.54, 1.807) is 6.08 Å². The van der Waals surface area contributed by atoms with Crippen LogP contribution in [0.5, 0.6) is 0 Å². The second-order valence-electron chi connectivity index (χ2n) is 6.99. The molecule has 132 valence electrons. The molecule has 24 heavy (non-hydrogen) atoms. The fourth-order valence-electron chi connectivity index (χ4n) is 2.75. The number of allylic oxidation sites excluding steroid dienone is 9. The van der Waals surface area contributed by atoms with Crippen molar-refractivity contribution in [2.24, 2.45) is 5.41 Å². The van der Waals surface area contributed by atoms with E-state index in [1.807, 2.05) is 26.0 Å². The van der Waals surface area contributed by atoms with Gasteiger partial charge < -0.3 is 10.6 Å². The largest absolute Gasteiger partial charge is 0.388 e. The van der Waals surface area contributed by atoms with E-state index in [2.05, 4.69) is 56.6 Å². The number of hydrogen-bond acceptors (Lipinski definition) is 2. The predicted molar refractivity (Wildman–Crippen MR) is 104 cm³/mol. The van der Waals surface area contributed by atoms with E-state index in [0.717, 1.165) is 18.5 Å². The monoisotopic (exact) mass is 328 g/mol.